The van der Waals surface area contributed by atoms with E-state index in [1.807, 2.05) is 13.1 Å². The first kappa shape index (κ1) is 23.9. The normalized spacial score (nSPS) is 22.4. The number of para-hydroxylation sites is 1. The van der Waals surface area contributed by atoms with Gasteiger partial charge in [-0.15, -0.1) is 0 Å². The molecule has 0 saturated carbocycles. The van der Waals surface area contributed by atoms with E-state index in [2.05, 4.69) is 20.7 Å². The summed E-state index contributed by atoms with van der Waals surface area (Å²) < 4.78 is 9.10. The number of aryl methyl sites for hydroxylation is 2. The molecule has 11 nitrogen and oxygen atoms in total. The molecule has 3 atom stereocenters. The van der Waals surface area contributed by atoms with Crippen molar-refractivity contribution in [1.29, 1.82) is 0 Å². The van der Waals surface area contributed by atoms with Crippen molar-refractivity contribution in [1.82, 2.24) is 24.6 Å². The SMILES string of the molecule is CCn1cc([C@@H]2OCCC[C@H]2C(=O)Nc2cccc3c(=O)n(C4CCC(=O)NC4=O)c(C)nc23)cn1. The van der Waals surface area contributed by atoms with Gasteiger partial charge in [-0.2, -0.15) is 5.10 Å². The van der Waals surface area contributed by atoms with Crippen molar-refractivity contribution in [2.24, 2.45) is 5.92 Å². The fourth-order valence-electron chi connectivity index (χ4n) is 5.03. The Balaban J connectivity index is 1.46. The third-order valence-corrected chi connectivity index (χ3v) is 6.85. The van der Waals surface area contributed by atoms with Gasteiger partial charge in [-0.05, 0) is 45.2 Å². The van der Waals surface area contributed by atoms with Crippen LogP contribution in [0.4, 0.5) is 5.69 Å². The Morgan fingerprint density at radius 1 is 1.25 bits per heavy atom. The molecule has 2 saturated heterocycles. The monoisotopic (exact) mass is 492 g/mol. The summed E-state index contributed by atoms with van der Waals surface area (Å²) in [7, 11) is 0. The lowest BCUT2D eigenvalue weighted by Crippen LogP contribution is -2.45. The maximum atomic E-state index is 13.4. The van der Waals surface area contributed by atoms with Crippen LogP contribution in [0.15, 0.2) is 35.4 Å². The number of fused-ring (bicyclic) bond motifs is 1. The highest BCUT2D eigenvalue weighted by Gasteiger charge is 2.35. The first-order chi connectivity index (χ1) is 17.4. The number of piperidine rings is 1. The van der Waals surface area contributed by atoms with Crippen LogP contribution in [0.2, 0.25) is 0 Å². The molecule has 2 fully saturated rings. The Labute approximate surface area is 206 Å². The molecule has 0 bridgehead atoms. The van der Waals surface area contributed by atoms with Gasteiger partial charge in [-0.3, -0.25) is 33.7 Å². The van der Waals surface area contributed by atoms with Gasteiger partial charge in [0.05, 0.1) is 29.3 Å². The molecule has 2 N–H and O–H groups in total. The number of imide groups is 1. The summed E-state index contributed by atoms with van der Waals surface area (Å²) in [6.45, 7) is 4.92. The van der Waals surface area contributed by atoms with E-state index in [0.717, 1.165) is 18.5 Å². The van der Waals surface area contributed by atoms with E-state index >= 15 is 0 Å². The van der Waals surface area contributed by atoms with E-state index in [4.69, 9.17) is 4.74 Å². The number of carbonyl (C=O) groups excluding carboxylic acids is 3. The number of aromatic nitrogens is 4. The first-order valence-corrected chi connectivity index (χ1v) is 12.2. The van der Waals surface area contributed by atoms with E-state index in [9.17, 15) is 19.2 Å². The molecular weight excluding hydrogens is 464 g/mol. The zero-order chi connectivity index (χ0) is 25.4. The predicted molar refractivity (Wildman–Crippen MR) is 130 cm³/mol. The number of carbonyl (C=O) groups is 3. The fraction of sp³-hybridized carbons (Fsp3) is 0.440. The molecule has 3 aromatic rings. The molecule has 36 heavy (non-hydrogen) atoms. The Bertz CT molecular complexity index is 1410. The number of anilines is 1. The van der Waals surface area contributed by atoms with Crippen molar-refractivity contribution in [3.8, 4) is 0 Å². The lowest BCUT2D eigenvalue weighted by atomic mass is 9.90. The molecule has 3 amide bonds. The molecule has 0 radical (unpaired) electrons. The second-order valence-corrected chi connectivity index (χ2v) is 9.16. The van der Waals surface area contributed by atoms with Crippen molar-refractivity contribution in [3.63, 3.8) is 0 Å². The number of benzene rings is 1. The van der Waals surface area contributed by atoms with Crippen LogP contribution in [0.25, 0.3) is 10.9 Å². The molecule has 5 rings (SSSR count). The third kappa shape index (κ3) is 4.30. The van der Waals surface area contributed by atoms with Crippen LogP contribution in [0, 0.1) is 12.8 Å². The molecule has 188 valence electrons. The summed E-state index contributed by atoms with van der Waals surface area (Å²) in [4.78, 5) is 55.4. The largest absolute Gasteiger partial charge is 0.373 e. The minimum absolute atomic E-state index is 0.151. The topological polar surface area (TPSA) is 137 Å². The van der Waals surface area contributed by atoms with Gasteiger partial charge in [0.1, 0.15) is 17.4 Å². The molecular formula is C25H28N6O5. The highest BCUT2D eigenvalue weighted by Crippen LogP contribution is 2.35. The summed E-state index contributed by atoms with van der Waals surface area (Å²) in [6.07, 6.45) is 5.03. The van der Waals surface area contributed by atoms with Crippen LogP contribution in [0.1, 0.15) is 56.1 Å². The molecule has 0 spiro atoms. The Morgan fingerprint density at radius 3 is 2.83 bits per heavy atom. The Morgan fingerprint density at radius 2 is 2.08 bits per heavy atom. The highest BCUT2D eigenvalue weighted by molar-refractivity contribution is 6.02. The lowest BCUT2D eigenvalue weighted by Gasteiger charge is -2.30. The average Bonchev–Trinajstić information content (AvgIpc) is 3.35. The Hall–Kier alpha value is -3.86. The standard InChI is InChI=1S/C25H28N6O5/c1-3-30-13-15(12-26-30)22-17(7-5-11-36-22)23(33)28-18-8-4-6-16-21(18)27-14(2)31(25(16)35)19-9-10-20(32)29-24(19)34/h4,6,8,12-13,17,19,22H,3,5,7,9-11H2,1-2H3,(H,28,33)(H,29,32,34)/t17-,19?,22+/m1/s1. The maximum absolute atomic E-state index is 13.4. The number of ether oxygens (including phenoxy) is 1. The number of rotatable bonds is 5. The minimum atomic E-state index is -0.811. The van der Waals surface area contributed by atoms with Gasteiger partial charge in [0.15, 0.2) is 0 Å². The predicted octanol–water partition coefficient (Wildman–Crippen LogP) is 2.01. The van der Waals surface area contributed by atoms with Crippen LogP contribution < -0.4 is 16.2 Å². The van der Waals surface area contributed by atoms with E-state index in [1.54, 1.807) is 36.0 Å². The average molecular weight is 493 g/mol. The van der Waals surface area contributed by atoms with Crippen LogP contribution in [-0.2, 0) is 25.7 Å². The van der Waals surface area contributed by atoms with Crippen molar-refractivity contribution in [2.75, 3.05) is 11.9 Å². The van der Waals surface area contributed by atoms with Gasteiger partial charge in [-0.25, -0.2) is 4.98 Å². The van der Waals surface area contributed by atoms with E-state index < -0.39 is 29.5 Å². The second kappa shape index (κ2) is 9.65. The summed E-state index contributed by atoms with van der Waals surface area (Å²) >= 11 is 0. The van der Waals surface area contributed by atoms with Crippen LogP contribution in [0.3, 0.4) is 0 Å². The second-order valence-electron chi connectivity index (χ2n) is 9.16. The molecule has 1 aromatic carbocycles. The third-order valence-electron chi connectivity index (χ3n) is 6.85. The van der Waals surface area contributed by atoms with Crippen molar-refractivity contribution >= 4 is 34.3 Å². The number of nitrogens with one attached hydrogen (secondary N) is 2. The Kier molecular flexibility index (Phi) is 6.40. The van der Waals surface area contributed by atoms with Crippen molar-refractivity contribution in [3.05, 3.63) is 52.3 Å². The molecule has 2 aliphatic heterocycles. The number of hydrogen-bond acceptors (Lipinski definition) is 7. The van der Waals surface area contributed by atoms with Crippen molar-refractivity contribution in [2.45, 2.75) is 58.2 Å². The number of nitrogens with zero attached hydrogens (tertiary/aromatic N) is 4. The van der Waals surface area contributed by atoms with E-state index in [0.29, 0.717) is 30.1 Å². The fourth-order valence-corrected chi connectivity index (χ4v) is 5.03. The summed E-state index contributed by atoms with van der Waals surface area (Å²) in [5.41, 5.74) is 1.23. The van der Waals surface area contributed by atoms with Crippen LogP contribution in [0.5, 0.6) is 0 Å². The summed E-state index contributed by atoms with van der Waals surface area (Å²) in [5.74, 6) is -1.18. The zero-order valence-electron chi connectivity index (χ0n) is 20.2. The number of amides is 3. The highest BCUT2D eigenvalue weighted by atomic mass is 16.5. The van der Waals surface area contributed by atoms with E-state index in [1.165, 1.54) is 4.57 Å². The maximum Gasteiger partial charge on any atom is 0.262 e. The van der Waals surface area contributed by atoms with Gasteiger partial charge in [0, 0.05) is 31.3 Å². The summed E-state index contributed by atoms with van der Waals surface area (Å²) in [6, 6.07) is 4.18. The molecule has 1 unspecified atom stereocenters. The smallest absolute Gasteiger partial charge is 0.262 e. The molecule has 11 heteroatoms. The molecule has 2 aromatic heterocycles. The van der Waals surface area contributed by atoms with Gasteiger partial charge < -0.3 is 10.1 Å². The lowest BCUT2D eigenvalue weighted by molar-refractivity contribution is -0.136. The van der Waals surface area contributed by atoms with Gasteiger partial charge in [-0.1, -0.05) is 6.07 Å². The molecule has 4 heterocycles. The quantitative estimate of drug-likeness (QED) is 0.520. The van der Waals surface area contributed by atoms with Gasteiger partial charge >= 0.3 is 0 Å². The van der Waals surface area contributed by atoms with Crippen LogP contribution in [-0.4, -0.2) is 43.7 Å². The van der Waals surface area contributed by atoms with Crippen molar-refractivity contribution < 1.29 is 19.1 Å². The van der Waals surface area contributed by atoms with Gasteiger partial charge in [0.25, 0.3) is 5.56 Å². The minimum Gasteiger partial charge on any atom is -0.373 e. The number of hydrogen-bond donors (Lipinski definition) is 2. The summed E-state index contributed by atoms with van der Waals surface area (Å²) in [5, 5.41) is 9.85. The van der Waals surface area contributed by atoms with Gasteiger partial charge in [0.2, 0.25) is 17.7 Å². The van der Waals surface area contributed by atoms with E-state index in [-0.39, 0.29) is 30.0 Å². The zero-order valence-corrected chi connectivity index (χ0v) is 20.2. The first-order valence-electron chi connectivity index (χ1n) is 12.2. The van der Waals surface area contributed by atoms with Crippen LogP contribution >= 0.6 is 0 Å². The molecule has 0 aliphatic carbocycles. The molecule has 2 aliphatic rings.